The van der Waals surface area contributed by atoms with E-state index in [1.54, 1.807) is 36.4 Å². The first-order chi connectivity index (χ1) is 14.0. The fourth-order valence-corrected chi connectivity index (χ4v) is 2.93. The number of nitrogens with one attached hydrogen (secondary N) is 1. The third-order valence-electron chi connectivity index (χ3n) is 4.37. The highest BCUT2D eigenvalue weighted by atomic mass is 16.6. The van der Waals surface area contributed by atoms with E-state index in [9.17, 15) is 14.4 Å². The normalized spacial score (nSPS) is 14.2. The second kappa shape index (κ2) is 9.05. The minimum absolute atomic E-state index is 0.0289. The lowest BCUT2D eigenvalue weighted by atomic mass is 10.2. The summed E-state index contributed by atoms with van der Waals surface area (Å²) in [5.74, 6) is -1.74. The van der Waals surface area contributed by atoms with Crippen LogP contribution in [0, 0.1) is 0 Å². The zero-order valence-corrected chi connectivity index (χ0v) is 16.3. The lowest BCUT2D eigenvalue weighted by Gasteiger charge is -2.24. The standard InChI is InChI=1S/C22H22N2O5/c1-3-24(17-12-8-5-9-13-17)21(26)15(2)29-22(27)19-18(25)14-28-20(19)23-16-10-6-4-7-11-16/h4-13,15,23H,3,14H2,1-2H3/t15-/m1/s1. The average Bonchev–Trinajstić information content (AvgIpc) is 3.10. The van der Waals surface area contributed by atoms with Crippen LogP contribution in [0.2, 0.25) is 0 Å². The summed E-state index contributed by atoms with van der Waals surface area (Å²) in [6.45, 7) is 3.47. The van der Waals surface area contributed by atoms with Crippen LogP contribution in [0.1, 0.15) is 13.8 Å². The molecule has 1 atom stereocenters. The minimum atomic E-state index is -1.07. The van der Waals surface area contributed by atoms with Crippen LogP contribution in [0.4, 0.5) is 11.4 Å². The molecule has 1 amide bonds. The van der Waals surface area contributed by atoms with Crippen molar-refractivity contribution in [2.24, 2.45) is 0 Å². The lowest BCUT2D eigenvalue weighted by Crippen LogP contribution is -2.40. The predicted octanol–water partition coefficient (Wildman–Crippen LogP) is 2.89. The van der Waals surface area contributed by atoms with Crippen molar-refractivity contribution in [1.82, 2.24) is 0 Å². The third kappa shape index (κ3) is 4.63. The second-order valence-electron chi connectivity index (χ2n) is 6.37. The Labute approximate surface area is 168 Å². The molecule has 0 unspecified atom stereocenters. The molecule has 0 spiro atoms. The number of hydrogen-bond acceptors (Lipinski definition) is 6. The van der Waals surface area contributed by atoms with Gasteiger partial charge in [-0.1, -0.05) is 36.4 Å². The van der Waals surface area contributed by atoms with Crippen molar-refractivity contribution in [2.45, 2.75) is 20.0 Å². The van der Waals surface area contributed by atoms with Gasteiger partial charge in [-0.3, -0.25) is 9.59 Å². The highest BCUT2D eigenvalue weighted by Crippen LogP contribution is 2.22. The summed E-state index contributed by atoms with van der Waals surface area (Å²) in [6, 6.07) is 18.1. The fourth-order valence-electron chi connectivity index (χ4n) is 2.93. The van der Waals surface area contributed by atoms with Crippen LogP contribution in [0.15, 0.2) is 72.1 Å². The SMILES string of the molecule is CCN(C(=O)[C@@H](C)OC(=O)C1=C(Nc2ccccc2)OCC1=O)c1ccccc1. The largest absolute Gasteiger partial charge is 0.470 e. The molecule has 7 heteroatoms. The van der Waals surface area contributed by atoms with Crippen molar-refractivity contribution in [3.63, 3.8) is 0 Å². The molecule has 1 aliphatic rings. The zero-order chi connectivity index (χ0) is 20.8. The van der Waals surface area contributed by atoms with Gasteiger partial charge in [0.2, 0.25) is 11.7 Å². The first-order valence-electron chi connectivity index (χ1n) is 9.31. The van der Waals surface area contributed by atoms with Crippen LogP contribution in [0.25, 0.3) is 0 Å². The molecular formula is C22H22N2O5. The van der Waals surface area contributed by atoms with Gasteiger partial charge >= 0.3 is 5.97 Å². The molecule has 1 heterocycles. The van der Waals surface area contributed by atoms with Gasteiger partial charge in [0.1, 0.15) is 0 Å². The molecule has 7 nitrogen and oxygen atoms in total. The minimum Gasteiger partial charge on any atom is -0.470 e. The Morgan fingerprint density at radius 3 is 2.34 bits per heavy atom. The topological polar surface area (TPSA) is 84.9 Å². The van der Waals surface area contributed by atoms with Crippen LogP contribution in [-0.2, 0) is 23.9 Å². The summed E-state index contributed by atoms with van der Waals surface area (Å²) in [4.78, 5) is 39.1. The van der Waals surface area contributed by atoms with Crippen LogP contribution in [0.3, 0.4) is 0 Å². The van der Waals surface area contributed by atoms with Crippen molar-refractivity contribution in [1.29, 1.82) is 0 Å². The number of nitrogens with zero attached hydrogens (tertiary/aromatic N) is 1. The van der Waals surface area contributed by atoms with Gasteiger partial charge in [0.05, 0.1) is 0 Å². The van der Waals surface area contributed by atoms with Gasteiger partial charge in [-0.05, 0) is 38.1 Å². The van der Waals surface area contributed by atoms with Gasteiger partial charge in [-0.25, -0.2) is 4.79 Å². The number of rotatable bonds is 7. The second-order valence-corrected chi connectivity index (χ2v) is 6.37. The molecule has 0 saturated heterocycles. The average molecular weight is 394 g/mol. The monoisotopic (exact) mass is 394 g/mol. The smallest absolute Gasteiger partial charge is 0.348 e. The Morgan fingerprint density at radius 2 is 1.72 bits per heavy atom. The number of amides is 1. The van der Waals surface area contributed by atoms with Crippen molar-refractivity contribution >= 4 is 29.0 Å². The molecule has 150 valence electrons. The lowest BCUT2D eigenvalue weighted by molar-refractivity contribution is -0.150. The molecule has 0 radical (unpaired) electrons. The Hall–Kier alpha value is -3.61. The van der Waals surface area contributed by atoms with E-state index in [-0.39, 0.29) is 24.0 Å². The number of carbonyl (C=O) groups excluding carboxylic acids is 3. The number of likely N-dealkylation sites (N-methyl/N-ethyl adjacent to an activating group) is 1. The van der Waals surface area contributed by atoms with E-state index in [2.05, 4.69) is 5.32 Å². The summed E-state index contributed by atoms with van der Waals surface area (Å²) in [7, 11) is 0. The highest BCUT2D eigenvalue weighted by Gasteiger charge is 2.35. The van der Waals surface area contributed by atoms with E-state index in [1.807, 2.05) is 31.2 Å². The molecule has 1 aliphatic heterocycles. The maximum absolute atomic E-state index is 12.8. The van der Waals surface area contributed by atoms with Crippen LogP contribution < -0.4 is 10.2 Å². The molecule has 2 aromatic rings. The summed E-state index contributed by atoms with van der Waals surface area (Å²) in [5, 5.41) is 2.90. The number of ether oxygens (including phenoxy) is 2. The quantitative estimate of drug-likeness (QED) is 0.574. The van der Waals surface area contributed by atoms with Gasteiger partial charge in [0, 0.05) is 17.9 Å². The number of hydrogen-bond donors (Lipinski definition) is 1. The van der Waals surface area contributed by atoms with Gasteiger partial charge in [0.15, 0.2) is 18.3 Å². The van der Waals surface area contributed by atoms with Gasteiger partial charge in [0.25, 0.3) is 5.91 Å². The molecule has 0 fully saturated rings. The van der Waals surface area contributed by atoms with E-state index in [1.165, 1.54) is 11.8 Å². The van der Waals surface area contributed by atoms with Crippen molar-refractivity contribution in [2.75, 3.05) is 23.4 Å². The molecule has 0 saturated carbocycles. The zero-order valence-electron chi connectivity index (χ0n) is 16.3. The Morgan fingerprint density at radius 1 is 1.10 bits per heavy atom. The fraction of sp³-hybridized carbons (Fsp3) is 0.227. The molecule has 0 aromatic heterocycles. The number of carbonyl (C=O) groups is 3. The molecule has 0 aliphatic carbocycles. The maximum atomic E-state index is 12.8. The van der Waals surface area contributed by atoms with E-state index >= 15 is 0 Å². The number of ketones is 1. The molecule has 2 aromatic carbocycles. The van der Waals surface area contributed by atoms with Gasteiger partial charge in [-0.15, -0.1) is 0 Å². The van der Waals surface area contributed by atoms with Crippen molar-refractivity contribution < 1.29 is 23.9 Å². The van der Waals surface area contributed by atoms with Crippen LogP contribution in [0.5, 0.6) is 0 Å². The van der Waals surface area contributed by atoms with E-state index in [0.29, 0.717) is 17.9 Å². The number of Topliss-reactive ketones (excluding diaryl/α,β-unsaturated/α-hetero) is 1. The first kappa shape index (κ1) is 20.1. The highest BCUT2D eigenvalue weighted by molar-refractivity contribution is 6.20. The number of benzene rings is 2. The van der Waals surface area contributed by atoms with E-state index in [0.717, 1.165) is 0 Å². The Bertz CT molecular complexity index is 925. The number of para-hydroxylation sites is 2. The van der Waals surface area contributed by atoms with E-state index in [4.69, 9.17) is 9.47 Å². The number of esters is 1. The first-order valence-corrected chi connectivity index (χ1v) is 9.31. The van der Waals surface area contributed by atoms with Crippen LogP contribution in [-0.4, -0.2) is 36.9 Å². The van der Waals surface area contributed by atoms with Gasteiger partial charge in [-0.2, -0.15) is 0 Å². The Balaban J connectivity index is 1.74. The van der Waals surface area contributed by atoms with Crippen molar-refractivity contribution in [3.05, 3.63) is 72.1 Å². The molecule has 3 rings (SSSR count). The molecule has 0 bridgehead atoms. The summed E-state index contributed by atoms with van der Waals surface area (Å²) >= 11 is 0. The summed E-state index contributed by atoms with van der Waals surface area (Å²) < 4.78 is 10.6. The molecule has 1 N–H and O–H groups in total. The predicted molar refractivity (Wildman–Crippen MR) is 108 cm³/mol. The van der Waals surface area contributed by atoms with E-state index < -0.39 is 17.9 Å². The maximum Gasteiger partial charge on any atom is 0.348 e. The third-order valence-corrected chi connectivity index (χ3v) is 4.37. The van der Waals surface area contributed by atoms with Crippen LogP contribution >= 0.6 is 0 Å². The summed E-state index contributed by atoms with van der Waals surface area (Å²) in [6.07, 6.45) is -1.07. The number of anilines is 2. The summed E-state index contributed by atoms with van der Waals surface area (Å²) in [5.41, 5.74) is 1.14. The van der Waals surface area contributed by atoms with Crippen molar-refractivity contribution in [3.8, 4) is 0 Å². The molecular weight excluding hydrogens is 372 g/mol. The van der Waals surface area contributed by atoms with Gasteiger partial charge < -0.3 is 19.7 Å². The Kier molecular flexibility index (Phi) is 6.29. The molecule has 29 heavy (non-hydrogen) atoms.